The predicted molar refractivity (Wildman–Crippen MR) is 86.4 cm³/mol. The van der Waals surface area contributed by atoms with E-state index in [1.165, 1.54) is 25.3 Å². The molecule has 0 radical (unpaired) electrons. The molecule has 0 aliphatic rings. The third kappa shape index (κ3) is 3.26. The van der Waals surface area contributed by atoms with Crippen molar-refractivity contribution in [1.29, 1.82) is 0 Å². The molecule has 1 aromatic heterocycles. The molecule has 0 aliphatic carbocycles. The van der Waals surface area contributed by atoms with E-state index in [1.807, 2.05) is 0 Å². The van der Waals surface area contributed by atoms with Crippen LogP contribution >= 0.6 is 11.8 Å². The lowest BCUT2D eigenvalue weighted by molar-refractivity contribution is -0.0328. The van der Waals surface area contributed by atoms with Crippen molar-refractivity contribution in [1.82, 2.24) is 0 Å². The van der Waals surface area contributed by atoms with Crippen molar-refractivity contribution in [2.75, 3.05) is 7.11 Å². The fourth-order valence-corrected chi connectivity index (χ4v) is 3.10. The molecular weight excluding hydrogens is 341 g/mol. The first-order valence-electron chi connectivity index (χ1n) is 6.85. The first-order chi connectivity index (χ1) is 11.4. The van der Waals surface area contributed by atoms with Gasteiger partial charge < -0.3 is 9.15 Å². The van der Waals surface area contributed by atoms with Gasteiger partial charge in [0.2, 0.25) is 0 Å². The molecule has 2 aromatic carbocycles. The molecule has 0 atom stereocenters. The zero-order valence-electron chi connectivity index (χ0n) is 12.4. The summed E-state index contributed by atoms with van der Waals surface area (Å²) < 4.78 is 49.3. The van der Waals surface area contributed by atoms with Gasteiger partial charge in [0.05, 0.1) is 17.4 Å². The van der Waals surface area contributed by atoms with E-state index in [1.54, 1.807) is 30.3 Å². The van der Waals surface area contributed by atoms with Crippen LogP contribution in [0.4, 0.5) is 13.2 Å². The molecule has 0 spiro atoms. The highest BCUT2D eigenvalue weighted by atomic mass is 32.2. The summed E-state index contributed by atoms with van der Waals surface area (Å²) in [6.45, 7) is 0. The number of fused-ring (bicyclic) bond motifs is 1. The van der Waals surface area contributed by atoms with Crippen LogP contribution < -0.4 is 10.4 Å². The second-order valence-corrected chi connectivity index (χ2v) is 5.95. The lowest BCUT2D eigenvalue weighted by Gasteiger charge is -2.13. The van der Waals surface area contributed by atoms with Gasteiger partial charge in [0.1, 0.15) is 5.75 Å². The summed E-state index contributed by atoms with van der Waals surface area (Å²) in [5.41, 5.74) is -4.83. The summed E-state index contributed by atoms with van der Waals surface area (Å²) in [7, 11) is 1.41. The third-order valence-corrected chi connectivity index (χ3v) is 4.19. The SMILES string of the molecule is COc1ccc2c(SC(F)(F)F)c(-c3ccccc3)oc(=O)c2c1. The number of benzene rings is 2. The average Bonchev–Trinajstić information content (AvgIpc) is 2.56. The molecule has 0 aliphatic heterocycles. The first kappa shape index (κ1) is 16.4. The smallest absolute Gasteiger partial charge is 0.446 e. The van der Waals surface area contributed by atoms with Crippen LogP contribution in [0.3, 0.4) is 0 Å². The lowest BCUT2D eigenvalue weighted by Crippen LogP contribution is -2.06. The first-order valence-corrected chi connectivity index (χ1v) is 7.67. The third-order valence-electron chi connectivity index (χ3n) is 3.35. The van der Waals surface area contributed by atoms with Crippen LogP contribution in [0.15, 0.2) is 62.6 Å². The molecule has 1 heterocycles. The number of alkyl halides is 3. The number of thioether (sulfide) groups is 1. The maximum Gasteiger partial charge on any atom is 0.446 e. The second-order valence-electron chi connectivity index (χ2n) is 4.87. The topological polar surface area (TPSA) is 39.4 Å². The van der Waals surface area contributed by atoms with E-state index in [0.717, 1.165) is 0 Å². The Balaban J connectivity index is 2.35. The Bertz CT molecular complexity index is 933. The van der Waals surface area contributed by atoms with Gasteiger partial charge in [-0.1, -0.05) is 30.3 Å². The maximum atomic E-state index is 13.0. The summed E-state index contributed by atoms with van der Waals surface area (Å²) >= 11 is -0.300. The Kier molecular flexibility index (Phi) is 4.28. The van der Waals surface area contributed by atoms with Gasteiger partial charge >= 0.3 is 11.1 Å². The molecule has 0 saturated heterocycles. The minimum Gasteiger partial charge on any atom is -0.497 e. The second kappa shape index (κ2) is 6.24. The van der Waals surface area contributed by atoms with Gasteiger partial charge in [-0.15, -0.1) is 0 Å². The highest BCUT2D eigenvalue weighted by Gasteiger charge is 2.33. The fraction of sp³-hybridized carbons (Fsp3) is 0.118. The van der Waals surface area contributed by atoms with Crippen molar-refractivity contribution in [3.8, 4) is 17.1 Å². The average molecular weight is 352 g/mol. The molecule has 3 nitrogen and oxygen atoms in total. The van der Waals surface area contributed by atoms with Gasteiger partial charge in [0.15, 0.2) is 5.76 Å². The molecule has 0 unspecified atom stereocenters. The van der Waals surface area contributed by atoms with Gasteiger partial charge in [0, 0.05) is 10.9 Å². The predicted octanol–water partition coefficient (Wildman–Crippen LogP) is 5.08. The molecular formula is C17H11F3O3S. The van der Waals surface area contributed by atoms with E-state index in [0.29, 0.717) is 11.3 Å². The van der Waals surface area contributed by atoms with Crippen LogP contribution in [0.5, 0.6) is 5.75 Å². The molecule has 7 heteroatoms. The van der Waals surface area contributed by atoms with E-state index in [4.69, 9.17) is 9.15 Å². The van der Waals surface area contributed by atoms with Crippen molar-refractivity contribution >= 4 is 22.5 Å². The molecule has 124 valence electrons. The molecule has 3 rings (SSSR count). The highest BCUT2D eigenvalue weighted by molar-refractivity contribution is 8.00. The van der Waals surface area contributed by atoms with Crippen molar-refractivity contribution in [2.24, 2.45) is 0 Å². The summed E-state index contributed by atoms with van der Waals surface area (Å²) in [6.07, 6.45) is 0. The molecule has 0 N–H and O–H groups in total. The van der Waals surface area contributed by atoms with Crippen LogP contribution in [0.2, 0.25) is 0 Å². The summed E-state index contributed by atoms with van der Waals surface area (Å²) in [4.78, 5) is 12.1. The number of hydrogen-bond donors (Lipinski definition) is 0. The number of halogens is 3. The molecule has 0 amide bonds. The van der Waals surface area contributed by atoms with E-state index in [9.17, 15) is 18.0 Å². The number of ether oxygens (including phenoxy) is 1. The van der Waals surface area contributed by atoms with Crippen molar-refractivity contribution in [3.05, 3.63) is 59.0 Å². The Morgan fingerprint density at radius 1 is 1.04 bits per heavy atom. The van der Waals surface area contributed by atoms with Crippen molar-refractivity contribution in [3.63, 3.8) is 0 Å². The Morgan fingerprint density at radius 2 is 1.75 bits per heavy atom. The molecule has 3 aromatic rings. The van der Waals surface area contributed by atoms with E-state index >= 15 is 0 Å². The maximum absolute atomic E-state index is 13.0. The summed E-state index contributed by atoms with van der Waals surface area (Å²) in [5, 5.41) is 0.217. The summed E-state index contributed by atoms with van der Waals surface area (Å²) in [5.74, 6) is 0.269. The van der Waals surface area contributed by atoms with E-state index in [2.05, 4.69) is 0 Å². The molecule has 0 fully saturated rings. The minimum atomic E-state index is -4.52. The van der Waals surface area contributed by atoms with Crippen LogP contribution in [0.1, 0.15) is 0 Å². The normalized spacial score (nSPS) is 11.7. The van der Waals surface area contributed by atoms with Gasteiger partial charge in [-0.2, -0.15) is 13.2 Å². The van der Waals surface area contributed by atoms with E-state index in [-0.39, 0.29) is 33.2 Å². The fourth-order valence-electron chi connectivity index (χ4n) is 2.33. The number of methoxy groups -OCH3 is 1. The summed E-state index contributed by atoms with van der Waals surface area (Å²) in [6, 6.07) is 12.6. The van der Waals surface area contributed by atoms with Gasteiger partial charge in [0.25, 0.3) is 0 Å². The zero-order valence-corrected chi connectivity index (χ0v) is 13.2. The molecule has 0 bridgehead atoms. The molecule has 24 heavy (non-hydrogen) atoms. The highest BCUT2D eigenvalue weighted by Crippen LogP contribution is 2.44. The molecule has 0 saturated carbocycles. The Morgan fingerprint density at radius 3 is 2.38 bits per heavy atom. The van der Waals surface area contributed by atoms with Crippen LogP contribution in [0.25, 0.3) is 22.1 Å². The Hall–Kier alpha value is -2.41. The number of rotatable bonds is 3. The monoisotopic (exact) mass is 352 g/mol. The minimum absolute atomic E-state index is 0.0424. The number of hydrogen-bond acceptors (Lipinski definition) is 4. The van der Waals surface area contributed by atoms with Crippen LogP contribution in [-0.2, 0) is 0 Å². The van der Waals surface area contributed by atoms with E-state index < -0.39 is 11.1 Å². The van der Waals surface area contributed by atoms with Gasteiger partial charge in [-0.05, 0) is 30.0 Å². The standard InChI is InChI=1S/C17H11F3O3S/c1-22-11-7-8-12-13(9-11)16(21)23-14(10-5-3-2-4-6-10)15(12)24-17(18,19)20/h2-9H,1H3. The van der Waals surface area contributed by atoms with Crippen LogP contribution in [-0.4, -0.2) is 12.6 Å². The largest absolute Gasteiger partial charge is 0.497 e. The van der Waals surface area contributed by atoms with Gasteiger partial charge in [-0.3, -0.25) is 0 Å². The van der Waals surface area contributed by atoms with Crippen molar-refractivity contribution in [2.45, 2.75) is 10.4 Å². The van der Waals surface area contributed by atoms with Crippen LogP contribution in [0, 0.1) is 0 Å². The van der Waals surface area contributed by atoms with Gasteiger partial charge in [-0.25, -0.2) is 4.79 Å². The quantitative estimate of drug-likeness (QED) is 0.616. The Labute approximate surface area is 139 Å². The zero-order chi connectivity index (χ0) is 17.3. The lowest BCUT2D eigenvalue weighted by atomic mass is 10.1. The van der Waals surface area contributed by atoms with Crippen molar-refractivity contribution < 1.29 is 22.3 Å².